The number of nitrogens with zero attached hydrogens (tertiary/aromatic N) is 4. The van der Waals surface area contributed by atoms with Crippen LogP contribution in [0.25, 0.3) is 11.4 Å². The molecule has 0 saturated carbocycles. The third kappa shape index (κ3) is 5.51. The van der Waals surface area contributed by atoms with Gasteiger partial charge in [-0.2, -0.15) is 13.1 Å². The second-order valence-corrected chi connectivity index (χ2v) is 10.2. The minimum absolute atomic E-state index is 0.0369. The third-order valence-electron chi connectivity index (χ3n) is 5.58. The second-order valence-electron chi connectivity index (χ2n) is 8.32. The Morgan fingerprint density at radius 1 is 1.11 bits per heavy atom. The van der Waals surface area contributed by atoms with Crippen LogP contribution in [0, 0.1) is 5.82 Å². The van der Waals surface area contributed by atoms with E-state index in [0.29, 0.717) is 18.2 Å². The van der Waals surface area contributed by atoms with E-state index < -0.39 is 52.1 Å². The molecule has 1 N–H and O–H groups in total. The Kier molecular flexibility index (Phi) is 7.05. The van der Waals surface area contributed by atoms with Crippen LogP contribution in [0.2, 0.25) is 0 Å². The monoisotopic (exact) mass is 523 g/mol. The van der Waals surface area contributed by atoms with E-state index in [1.54, 1.807) is 12.1 Å². The van der Waals surface area contributed by atoms with Gasteiger partial charge in [0.2, 0.25) is 15.9 Å². The zero-order valence-electron chi connectivity index (χ0n) is 18.9. The number of halogens is 4. The average molecular weight is 524 g/mol. The quantitative estimate of drug-likeness (QED) is 0.477. The number of sulfonamides is 1. The van der Waals surface area contributed by atoms with E-state index in [0.717, 1.165) is 41.0 Å². The van der Waals surface area contributed by atoms with Crippen molar-refractivity contribution in [2.75, 3.05) is 6.54 Å². The Hall–Kier alpha value is -3.45. The number of aromatic nitrogens is 3. The van der Waals surface area contributed by atoms with Gasteiger partial charge in [-0.05, 0) is 42.0 Å². The fourth-order valence-corrected chi connectivity index (χ4v) is 5.35. The summed E-state index contributed by atoms with van der Waals surface area (Å²) in [6.07, 6.45) is 1.68. The minimum Gasteiger partial charge on any atom is -0.351 e. The molecule has 1 saturated heterocycles. The van der Waals surface area contributed by atoms with E-state index in [2.05, 4.69) is 20.3 Å². The Balaban J connectivity index is 1.46. The highest BCUT2D eigenvalue weighted by Gasteiger charge is 2.44. The van der Waals surface area contributed by atoms with Crippen LogP contribution in [0.15, 0.2) is 59.9 Å². The molecule has 0 spiro atoms. The van der Waals surface area contributed by atoms with E-state index in [9.17, 15) is 30.8 Å². The zero-order valence-corrected chi connectivity index (χ0v) is 19.7. The molecular formula is C23H21F4N5O3S. The van der Waals surface area contributed by atoms with Gasteiger partial charge in [0, 0.05) is 32.6 Å². The smallest absolute Gasteiger partial charge is 0.288 e. The minimum atomic E-state index is -4.24. The number of carbonyl (C=O) groups is 1. The summed E-state index contributed by atoms with van der Waals surface area (Å²) in [6.45, 7) is 0.174. The molecule has 1 amide bonds. The van der Waals surface area contributed by atoms with Crippen molar-refractivity contribution >= 4 is 15.9 Å². The molecule has 8 nitrogen and oxygen atoms in total. The number of hydrogen-bond donors (Lipinski definition) is 1. The van der Waals surface area contributed by atoms with Gasteiger partial charge in [0.1, 0.15) is 29.4 Å². The van der Waals surface area contributed by atoms with E-state index in [4.69, 9.17) is 0 Å². The van der Waals surface area contributed by atoms with Gasteiger partial charge >= 0.3 is 0 Å². The van der Waals surface area contributed by atoms with Gasteiger partial charge in [-0.25, -0.2) is 17.2 Å². The number of hydrogen-bond acceptors (Lipinski definition) is 6. The summed E-state index contributed by atoms with van der Waals surface area (Å²) in [7, 11) is -4.24. The summed E-state index contributed by atoms with van der Waals surface area (Å²) < 4.78 is 80.8. The molecule has 190 valence electrons. The summed E-state index contributed by atoms with van der Waals surface area (Å²) in [4.78, 5) is 24.4. The molecule has 1 aliphatic rings. The molecule has 3 heterocycles. The number of pyridine rings is 1. The summed E-state index contributed by atoms with van der Waals surface area (Å²) in [6, 6.07) is 5.92. The third-order valence-corrected chi connectivity index (χ3v) is 7.47. The number of alkyl halides is 3. The number of nitrogens with one attached hydrogen (secondary N) is 1. The van der Waals surface area contributed by atoms with E-state index in [1.165, 1.54) is 6.20 Å². The van der Waals surface area contributed by atoms with Crippen molar-refractivity contribution in [1.29, 1.82) is 0 Å². The topological polar surface area (TPSA) is 105 Å². The van der Waals surface area contributed by atoms with Crippen molar-refractivity contribution in [3.63, 3.8) is 0 Å². The highest BCUT2D eigenvalue weighted by Crippen LogP contribution is 2.29. The molecular weight excluding hydrogens is 502 g/mol. The van der Waals surface area contributed by atoms with Crippen molar-refractivity contribution in [2.24, 2.45) is 0 Å². The van der Waals surface area contributed by atoms with Crippen LogP contribution < -0.4 is 5.32 Å². The van der Waals surface area contributed by atoms with Crippen LogP contribution in [0.4, 0.5) is 17.6 Å². The van der Waals surface area contributed by atoms with Gasteiger partial charge in [0.15, 0.2) is 0 Å². The highest BCUT2D eigenvalue weighted by atomic mass is 32.2. The van der Waals surface area contributed by atoms with E-state index in [-0.39, 0.29) is 23.6 Å². The lowest BCUT2D eigenvalue weighted by Gasteiger charge is -2.23. The van der Waals surface area contributed by atoms with Crippen molar-refractivity contribution < 1.29 is 30.8 Å². The van der Waals surface area contributed by atoms with Crippen LogP contribution in [0.3, 0.4) is 0 Å². The van der Waals surface area contributed by atoms with Gasteiger partial charge in [-0.15, -0.1) is 0 Å². The summed E-state index contributed by atoms with van der Waals surface area (Å²) in [5.41, 5.74) is 0.634. The number of carbonyl (C=O) groups excluding carboxylic acids is 1. The lowest BCUT2D eigenvalue weighted by Crippen LogP contribution is -2.45. The fourth-order valence-electron chi connectivity index (χ4n) is 3.72. The van der Waals surface area contributed by atoms with E-state index >= 15 is 0 Å². The Bertz CT molecular complexity index is 1350. The SMILES string of the molecule is CC(F)(F)c1cnc(-c2cc(CNC(=O)[C@@H]3C[C@@H](F)CN3S(=O)(=O)c3ccc(F)cc3)ccn2)cn1. The largest absolute Gasteiger partial charge is 0.351 e. The Morgan fingerprint density at radius 3 is 2.47 bits per heavy atom. The molecule has 0 aliphatic carbocycles. The predicted molar refractivity (Wildman–Crippen MR) is 120 cm³/mol. The summed E-state index contributed by atoms with van der Waals surface area (Å²) >= 11 is 0. The lowest BCUT2D eigenvalue weighted by molar-refractivity contribution is -0.124. The molecule has 1 aliphatic heterocycles. The molecule has 1 fully saturated rings. The van der Waals surface area contributed by atoms with Crippen molar-refractivity contribution in [3.8, 4) is 11.4 Å². The van der Waals surface area contributed by atoms with Gasteiger partial charge in [-0.3, -0.25) is 19.7 Å². The zero-order chi connectivity index (χ0) is 26.1. The average Bonchev–Trinajstić information content (AvgIpc) is 3.25. The first-order valence-electron chi connectivity index (χ1n) is 10.8. The Morgan fingerprint density at radius 2 is 1.83 bits per heavy atom. The molecule has 1 aromatic carbocycles. The maximum atomic E-state index is 14.2. The maximum absolute atomic E-state index is 14.2. The molecule has 3 aromatic rings. The molecule has 0 bridgehead atoms. The molecule has 36 heavy (non-hydrogen) atoms. The van der Waals surface area contributed by atoms with Crippen LogP contribution in [0.5, 0.6) is 0 Å². The van der Waals surface area contributed by atoms with Crippen molar-refractivity contribution in [2.45, 2.75) is 42.9 Å². The molecule has 2 atom stereocenters. The number of amides is 1. The van der Waals surface area contributed by atoms with Gasteiger partial charge in [0.05, 0.1) is 23.0 Å². The normalized spacial score (nSPS) is 18.8. The van der Waals surface area contributed by atoms with Crippen LogP contribution >= 0.6 is 0 Å². The maximum Gasteiger partial charge on any atom is 0.288 e. The Labute approximate surface area is 204 Å². The van der Waals surface area contributed by atoms with Crippen molar-refractivity contribution in [3.05, 3.63) is 72.1 Å². The first-order chi connectivity index (χ1) is 16.9. The van der Waals surface area contributed by atoms with Crippen LogP contribution in [-0.2, 0) is 27.3 Å². The predicted octanol–water partition coefficient (Wildman–Crippen LogP) is 3.21. The van der Waals surface area contributed by atoms with E-state index in [1.807, 2.05) is 0 Å². The lowest BCUT2D eigenvalue weighted by atomic mass is 10.1. The van der Waals surface area contributed by atoms with Crippen LogP contribution in [-0.4, -0.2) is 52.3 Å². The highest BCUT2D eigenvalue weighted by molar-refractivity contribution is 7.89. The molecule has 2 aromatic heterocycles. The number of benzene rings is 1. The second kappa shape index (κ2) is 9.90. The molecule has 4 rings (SSSR count). The molecule has 0 unspecified atom stereocenters. The molecule has 13 heteroatoms. The van der Waals surface area contributed by atoms with Crippen LogP contribution in [0.1, 0.15) is 24.6 Å². The standard InChI is InChI=1S/C23H21F4N5O3S/c1-23(26,27)21-12-29-19(11-30-21)18-8-14(6-7-28-18)10-31-22(33)20-9-16(25)13-32(20)36(34,35)17-4-2-15(24)3-5-17/h2-8,11-12,16,20H,9-10,13H2,1H3,(H,31,33)/t16-,20+/m1/s1. The van der Waals surface area contributed by atoms with Gasteiger partial charge < -0.3 is 5.32 Å². The van der Waals surface area contributed by atoms with Crippen molar-refractivity contribution in [1.82, 2.24) is 24.6 Å². The summed E-state index contributed by atoms with van der Waals surface area (Å²) in [5.74, 6) is -4.47. The first-order valence-corrected chi connectivity index (χ1v) is 12.2. The summed E-state index contributed by atoms with van der Waals surface area (Å²) in [5, 5.41) is 2.60. The molecule has 0 radical (unpaired) electrons. The van der Waals surface area contributed by atoms with Gasteiger partial charge in [0.25, 0.3) is 5.92 Å². The van der Waals surface area contributed by atoms with Gasteiger partial charge in [-0.1, -0.05) is 0 Å². The number of rotatable bonds is 7. The fraction of sp³-hybridized carbons (Fsp3) is 0.304. The first kappa shape index (κ1) is 25.6.